The molecular weight excluding hydrogens is 302 g/mol. The average molecular weight is 350 g/mol. The van der Waals surface area contributed by atoms with Crippen molar-refractivity contribution >= 4 is 0 Å². The summed E-state index contributed by atoms with van der Waals surface area (Å²) in [4.78, 5) is 0.278. The van der Waals surface area contributed by atoms with Gasteiger partial charge in [0.1, 0.15) is 0 Å². The summed E-state index contributed by atoms with van der Waals surface area (Å²) in [5.74, 6) is -3.23. The number of nitrogens with zero attached hydrogens (tertiary/aromatic N) is 1. The van der Waals surface area contributed by atoms with Crippen LogP contribution in [0.25, 0.3) is 0 Å². The molecule has 24 heavy (non-hydrogen) atoms. The fourth-order valence-corrected chi connectivity index (χ4v) is 2.82. The maximum Gasteiger partial charge on any atom is 0.161 e. The molecule has 0 bridgehead atoms. The largest absolute Gasteiger partial charge is 0.493 e. The van der Waals surface area contributed by atoms with Crippen LogP contribution in [-0.2, 0) is 6.37 Å². The molecule has 0 radical (unpaired) electrons. The molecule has 1 saturated heterocycles. The Labute approximate surface area is 168 Å². The highest BCUT2D eigenvalue weighted by Gasteiger charge is 2.39. The summed E-state index contributed by atoms with van der Waals surface area (Å²) in [7, 11) is 2.27. The highest BCUT2D eigenvalue weighted by atomic mass is 16.5. The first-order valence-corrected chi connectivity index (χ1v) is 7.45. The smallest absolute Gasteiger partial charge is 0.161 e. The third kappa shape index (κ3) is 3.40. The molecule has 0 amide bonds. The van der Waals surface area contributed by atoms with Crippen LogP contribution in [0.2, 0.25) is 0 Å². The minimum Gasteiger partial charge on any atom is -0.493 e. The molecule has 2 aliphatic rings. The number of aliphatic hydroxyl groups is 1. The van der Waals surface area contributed by atoms with Gasteiger partial charge in [-0.1, -0.05) is 20.6 Å². The van der Waals surface area contributed by atoms with E-state index in [-0.39, 0.29) is 16.4 Å². The van der Waals surface area contributed by atoms with Crippen LogP contribution in [0.1, 0.15) is 72.5 Å². The molecule has 0 spiro atoms. The molecule has 1 N–H and O–H groups in total. The van der Waals surface area contributed by atoms with E-state index in [0.717, 1.165) is 14.2 Å². The van der Waals surface area contributed by atoms with Gasteiger partial charge in [0, 0.05) is 38.2 Å². The van der Waals surface area contributed by atoms with E-state index in [9.17, 15) is 5.11 Å². The van der Waals surface area contributed by atoms with Gasteiger partial charge >= 0.3 is 0 Å². The van der Waals surface area contributed by atoms with E-state index in [2.05, 4.69) is 0 Å². The minimum absolute atomic E-state index is 0.278. The second kappa shape index (κ2) is 6.57. The molecule has 4 heteroatoms. The molecular formula is C20H31NO3. The van der Waals surface area contributed by atoms with Crippen LogP contribution in [0.5, 0.6) is 11.5 Å². The van der Waals surface area contributed by atoms with Crippen molar-refractivity contribution in [1.29, 1.82) is 0 Å². The van der Waals surface area contributed by atoms with Gasteiger partial charge in [0.2, 0.25) is 0 Å². The number of benzene rings is 1. The molecule has 1 aromatic rings. The first-order chi connectivity index (χ1) is 17.7. The van der Waals surface area contributed by atoms with Crippen molar-refractivity contribution in [2.45, 2.75) is 51.9 Å². The quantitative estimate of drug-likeness (QED) is 0.908. The van der Waals surface area contributed by atoms with Crippen molar-refractivity contribution in [3.05, 3.63) is 23.2 Å². The van der Waals surface area contributed by atoms with Gasteiger partial charge in [0.05, 0.1) is 23.1 Å². The van der Waals surface area contributed by atoms with Gasteiger partial charge in [-0.15, -0.1) is 0 Å². The maximum atomic E-state index is 11.2. The number of rotatable bonds is 3. The lowest BCUT2D eigenvalue weighted by atomic mass is 9.75. The van der Waals surface area contributed by atoms with Crippen LogP contribution in [0.3, 0.4) is 0 Å². The summed E-state index contributed by atoms with van der Waals surface area (Å²) >= 11 is 0. The average Bonchev–Trinajstić information content (AvgIpc) is 2.74. The molecule has 2 heterocycles. The second-order valence-electron chi connectivity index (χ2n) is 5.91. The van der Waals surface area contributed by atoms with E-state index in [1.54, 1.807) is 0 Å². The van der Waals surface area contributed by atoms with Crippen LogP contribution >= 0.6 is 0 Å². The predicted octanol–water partition coefficient (Wildman–Crippen LogP) is 3.42. The third-order valence-electron chi connectivity index (χ3n) is 3.89. The zero-order valence-electron chi connectivity index (χ0n) is 29.7. The van der Waals surface area contributed by atoms with Gasteiger partial charge in [-0.2, -0.15) is 0 Å². The Kier molecular flexibility index (Phi) is 1.77. The molecule has 0 aromatic heterocycles. The fraction of sp³-hybridized carbons (Fsp3) is 0.700. The third-order valence-corrected chi connectivity index (χ3v) is 3.89. The second-order valence-corrected chi connectivity index (χ2v) is 5.91. The van der Waals surface area contributed by atoms with E-state index in [4.69, 9.17) is 31.4 Å². The molecule has 4 nitrogen and oxygen atoms in total. The summed E-state index contributed by atoms with van der Waals surface area (Å²) in [5.41, 5.74) is -4.32. The lowest BCUT2D eigenvalue weighted by Crippen LogP contribution is -2.48. The van der Waals surface area contributed by atoms with Crippen LogP contribution in [-0.4, -0.2) is 43.3 Å². The molecule has 3 atom stereocenters. The van der Waals surface area contributed by atoms with Crippen molar-refractivity contribution in [2.24, 2.45) is 11.3 Å². The Balaban J connectivity index is 2.41. The van der Waals surface area contributed by atoms with E-state index < -0.39 is 92.6 Å². The number of ether oxygens (including phenoxy) is 2. The summed E-state index contributed by atoms with van der Waals surface area (Å²) < 4.78 is 145. The number of piperidine rings is 1. The fourth-order valence-electron chi connectivity index (χ4n) is 2.82. The molecule has 2 aliphatic heterocycles. The van der Waals surface area contributed by atoms with Crippen molar-refractivity contribution in [2.75, 3.05) is 27.2 Å². The standard InChI is InChI=1S/C20H31NO3/c1-20(2,3)11-14-12-21-7-6-13-8-18(23-4)19(24-5)9-15(13)16(21)10-17(14)22/h8-9,14,16-17,22H,6-7,10-12H2,1-5H3/i1D3,2D3,6D2,7D2,8D,9D,11D2,12D2. The van der Waals surface area contributed by atoms with Crippen molar-refractivity contribution in [3.63, 3.8) is 0 Å². The monoisotopic (exact) mass is 349 g/mol. The first-order valence-electron chi connectivity index (χ1n) is 15.5. The molecule has 3 unspecified atom stereocenters. The summed E-state index contributed by atoms with van der Waals surface area (Å²) in [5, 5.41) is 11.2. The van der Waals surface area contributed by atoms with Gasteiger partial charge in [0.15, 0.2) is 11.5 Å². The topological polar surface area (TPSA) is 41.9 Å². The molecule has 1 aromatic carbocycles. The number of hydrogen-bond donors (Lipinski definition) is 1. The van der Waals surface area contributed by atoms with Gasteiger partial charge in [-0.25, -0.2) is 0 Å². The lowest BCUT2D eigenvalue weighted by molar-refractivity contribution is -0.0259. The Morgan fingerprint density at radius 2 is 2.12 bits per heavy atom. The molecule has 134 valence electrons. The Bertz CT molecular complexity index is 1160. The minimum atomic E-state index is -3.55. The Morgan fingerprint density at radius 1 is 1.42 bits per heavy atom. The Morgan fingerprint density at radius 3 is 2.79 bits per heavy atom. The summed E-state index contributed by atoms with van der Waals surface area (Å²) in [6, 6.07) is -2.93. The van der Waals surface area contributed by atoms with E-state index in [1.807, 2.05) is 0 Å². The van der Waals surface area contributed by atoms with Gasteiger partial charge in [-0.3, -0.25) is 4.90 Å². The number of aliphatic hydroxyl groups excluding tert-OH is 1. The van der Waals surface area contributed by atoms with E-state index in [1.165, 1.54) is 0 Å². The Hall–Kier alpha value is -1.26. The first kappa shape index (κ1) is 6.48. The van der Waals surface area contributed by atoms with Gasteiger partial charge in [-0.05, 0) is 53.7 Å². The van der Waals surface area contributed by atoms with E-state index >= 15 is 0 Å². The zero-order valence-corrected chi connectivity index (χ0v) is 13.7. The van der Waals surface area contributed by atoms with Crippen molar-refractivity contribution in [1.82, 2.24) is 4.90 Å². The van der Waals surface area contributed by atoms with Crippen LogP contribution in [0.4, 0.5) is 0 Å². The summed E-state index contributed by atoms with van der Waals surface area (Å²) in [6.45, 7) is -13.3. The molecule has 3 rings (SSSR count). The SMILES string of the molecule is [2H]c1c(OC)c(OC)c([2H])c2c1C1CC(O)C(C([2H])([2H])C(C)(C([2H])([2H])[2H])C([2H])([2H])[2H])C([2H])([2H])N1C([2H])([2H])C2([2H])[2H]. The van der Waals surface area contributed by atoms with Crippen molar-refractivity contribution in [3.8, 4) is 11.5 Å². The summed E-state index contributed by atoms with van der Waals surface area (Å²) in [6.07, 6.45) is -9.69. The predicted molar refractivity (Wildman–Crippen MR) is 95.7 cm³/mol. The van der Waals surface area contributed by atoms with E-state index in [0.29, 0.717) is 6.92 Å². The van der Waals surface area contributed by atoms with Crippen LogP contribution in [0.15, 0.2) is 12.1 Å². The highest BCUT2D eigenvalue weighted by Crippen LogP contribution is 2.44. The van der Waals surface area contributed by atoms with Crippen LogP contribution < -0.4 is 9.47 Å². The number of methoxy groups -OCH3 is 2. The van der Waals surface area contributed by atoms with Crippen molar-refractivity contribution < 1.29 is 36.5 Å². The molecule has 0 aliphatic carbocycles. The van der Waals surface area contributed by atoms with Gasteiger partial charge < -0.3 is 14.6 Å². The molecule has 1 fully saturated rings. The highest BCUT2D eigenvalue weighted by molar-refractivity contribution is 5.49. The number of hydrogen-bond acceptors (Lipinski definition) is 4. The molecule has 0 saturated carbocycles. The van der Waals surface area contributed by atoms with Crippen LogP contribution in [0, 0.1) is 11.3 Å². The zero-order chi connectivity index (χ0) is 31.4. The normalized spacial score (nSPS) is 45.1. The maximum absolute atomic E-state index is 11.2. The number of fused-ring (bicyclic) bond motifs is 3. The lowest BCUT2D eigenvalue weighted by Gasteiger charge is -2.47. The van der Waals surface area contributed by atoms with Gasteiger partial charge in [0.25, 0.3) is 0 Å².